The molecule has 3 N–H and O–H groups in total. The molecule has 1 rings (SSSR count). The largest absolute Gasteiger partial charge is 0.396 e. The molecule has 5 heteroatoms. The predicted octanol–water partition coefficient (Wildman–Crippen LogP) is 1.55. The first-order valence-corrected chi connectivity index (χ1v) is 6.73. The molecule has 1 aromatic heterocycles. The van der Waals surface area contributed by atoms with E-state index in [0.29, 0.717) is 12.6 Å². The minimum absolute atomic E-state index is 0.292. The monoisotopic (exact) mass is 252 g/mol. The van der Waals surface area contributed by atoms with Crippen molar-refractivity contribution in [2.75, 3.05) is 25.0 Å². The van der Waals surface area contributed by atoms with Gasteiger partial charge in [-0.15, -0.1) is 0 Å². The lowest BCUT2D eigenvalue weighted by Gasteiger charge is -2.06. The number of aliphatic hydroxyl groups is 1. The second kappa shape index (κ2) is 9.79. The van der Waals surface area contributed by atoms with Gasteiger partial charge in [-0.3, -0.25) is 0 Å². The van der Waals surface area contributed by atoms with E-state index in [-0.39, 0.29) is 0 Å². The molecule has 0 bridgehead atoms. The van der Waals surface area contributed by atoms with E-state index in [2.05, 4.69) is 27.5 Å². The Morgan fingerprint density at radius 2 is 1.89 bits per heavy atom. The number of nitrogens with zero attached hydrogens (tertiary/aromatic N) is 2. The molecule has 0 aliphatic carbocycles. The van der Waals surface area contributed by atoms with Gasteiger partial charge in [-0.25, -0.2) is 9.97 Å². The van der Waals surface area contributed by atoms with Crippen molar-refractivity contribution < 1.29 is 5.11 Å². The second-order valence-corrected chi connectivity index (χ2v) is 4.30. The van der Waals surface area contributed by atoms with Gasteiger partial charge in [-0.05, 0) is 32.2 Å². The number of nitrogens with one attached hydrogen (secondary N) is 2. The zero-order valence-electron chi connectivity index (χ0n) is 11.2. The third-order valence-corrected chi connectivity index (χ3v) is 2.58. The van der Waals surface area contributed by atoms with Crippen molar-refractivity contribution in [1.82, 2.24) is 15.3 Å². The van der Waals surface area contributed by atoms with E-state index in [1.165, 1.54) is 0 Å². The van der Waals surface area contributed by atoms with Crippen LogP contribution < -0.4 is 10.6 Å². The maximum Gasteiger partial charge on any atom is 0.222 e. The Morgan fingerprint density at radius 1 is 1.11 bits per heavy atom. The van der Waals surface area contributed by atoms with E-state index in [1.54, 1.807) is 0 Å². The van der Waals surface area contributed by atoms with Crippen molar-refractivity contribution in [2.45, 2.75) is 39.2 Å². The second-order valence-electron chi connectivity index (χ2n) is 4.30. The number of unbranched alkanes of at least 4 members (excludes halogenated alkanes) is 2. The fourth-order valence-corrected chi connectivity index (χ4v) is 1.55. The SMILES string of the molecule is CCCNc1ncc(CNCCCCCO)cn1. The van der Waals surface area contributed by atoms with Gasteiger partial charge in [0.05, 0.1) is 0 Å². The van der Waals surface area contributed by atoms with Gasteiger partial charge < -0.3 is 15.7 Å². The summed E-state index contributed by atoms with van der Waals surface area (Å²) in [6.45, 7) is 5.08. The van der Waals surface area contributed by atoms with Crippen molar-refractivity contribution in [3.8, 4) is 0 Å². The summed E-state index contributed by atoms with van der Waals surface area (Å²) in [5.41, 5.74) is 1.10. The van der Waals surface area contributed by atoms with Crippen LogP contribution in [0.4, 0.5) is 5.95 Å². The molecule has 0 saturated carbocycles. The van der Waals surface area contributed by atoms with E-state index in [0.717, 1.165) is 50.9 Å². The van der Waals surface area contributed by atoms with Gasteiger partial charge in [-0.1, -0.05) is 6.92 Å². The first kappa shape index (κ1) is 14.9. The number of hydrogen-bond donors (Lipinski definition) is 3. The molecule has 1 heterocycles. The normalized spacial score (nSPS) is 10.6. The molecule has 0 saturated heterocycles. The fourth-order valence-electron chi connectivity index (χ4n) is 1.55. The van der Waals surface area contributed by atoms with Crippen LogP contribution in [0.1, 0.15) is 38.2 Å². The molecule has 0 amide bonds. The summed E-state index contributed by atoms with van der Waals surface area (Å²) in [6, 6.07) is 0. The fraction of sp³-hybridized carbons (Fsp3) is 0.692. The van der Waals surface area contributed by atoms with Crippen LogP contribution in [0.3, 0.4) is 0 Å². The number of hydrogen-bond acceptors (Lipinski definition) is 5. The molecule has 0 aliphatic rings. The first-order valence-electron chi connectivity index (χ1n) is 6.73. The van der Waals surface area contributed by atoms with Crippen LogP contribution in [0, 0.1) is 0 Å². The Labute approximate surface area is 109 Å². The molecule has 0 spiro atoms. The summed E-state index contributed by atoms with van der Waals surface area (Å²) >= 11 is 0. The maximum absolute atomic E-state index is 8.65. The standard InChI is InChI=1S/C13H24N4O/c1-2-6-15-13-16-10-12(11-17-13)9-14-7-4-3-5-8-18/h10-11,14,18H,2-9H2,1H3,(H,15,16,17). The molecule has 0 fully saturated rings. The average molecular weight is 252 g/mol. The predicted molar refractivity (Wildman–Crippen MR) is 73.5 cm³/mol. The average Bonchev–Trinajstić information content (AvgIpc) is 2.42. The van der Waals surface area contributed by atoms with Crippen LogP contribution in [0.5, 0.6) is 0 Å². The van der Waals surface area contributed by atoms with Gasteiger partial charge in [-0.2, -0.15) is 0 Å². The van der Waals surface area contributed by atoms with Gasteiger partial charge >= 0.3 is 0 Å². The summed E-state index contributed by atoms with van der Waals surface area (Å²) < 4.78 is 0. The summed E-state index contributed by atoms with van der Waals surface area (Å²) in [6.07, 6.45) is 7.83. The number of aromatic nitrogens is 2. The number of rotatable bonds is 10. The summed E-state index contributed by atoms with van der Waals surface area (Å²) in [5, 5.41) is 15.1. The molecule has 0 aromatic carbocycles. The highest BCUT2D eigenvalue weighted by molar-refractivity contribution is 5.24. The molecular weight excluding hydrogens is 228 g/mol. The van der Waals surface area contributed by atoms with Crippen molar-refractivity contribution in [3.63, 3.8) is 0 Å². The molecule has 0 atom stereocenters. The number of anilines is 1. The van der Waals surface area contributed by atoms with Crippen LogP contribution in [0.25, 0.3) is 0 Å². The Hall–Kier alpha value is -1.20. The highest BCUT2D eigenvalue weighted by Gasteiger charge is 1.96. The molecular formula is C13H24N4O. The van der Waals surface area contributed by atoms with Crippen LogP contribution >= 0.6 is 0 Å². The van der Waals surface area contributed by atoms with E-state index in [4.69, 9.17) is 5.11 Å². The zero-order valence-corrected chi connectivity index (χ0v) is 11.2. The minimum atomic E-state index is 0.292. The van der Waals surface area contributed by atoms with Gasteiger partial charge in [0.25, 0.3) is 0 Å². The topological polar surface area (TPSA) is 70.1 Å². The van der Waals surface area contributed by atoms with Crippen molar-refractivity contribution in [3.05, 3.63) is 18.0 Å². The first-order chi connectivity index (χ1) is 8.86. The zero-order chi connectivity index (χ0) is 13.1. The van der Waals surface area contributed by atoms with Gasteiger partial charge in [0.1, 0.15) is 0 Å². The van der Waals surface area contributed by atoms with Gasteiger partial charge in [0, 0.05) is 37.7 Å². The van der Waals surface area contributed by atoms with Crippen molar-refractivity contribution in [1.29, 1.82) is 0 Å². The lowest BCUT2D eigenvalue weighted by atomic mass is 10.2. The van der Waals surface area contributed by atoms with E-state index in [1.807, 2.05) is 12.4 Å². The lowest BCUT2D eigenvalue weighted by Crippen LogP contribution is -2.15. The Morgan fingerprint density at radius 3 is 2.56 bits per heavy atom. The molecule has 1 aromatic rings. The smallest absolute Gasteiger partial charge is 0.222 e. The third-order valence-electron chi connectivity index (χ3n) is 2.58. The molecule has 0 radical (unpaired) electrons. The minimum Gasteiger partial charge on any atom is -0.396 e. The quantitative estimate of drug-likeness (QED) is 0.551. The highest BCUT2D eigenvalue weighted by Crippen LogP contribution is 2.00. The van der Waals surface area contributed by atoms with E-state index >= 15 is 0 Å². The van der Waals surface area contributed by atoms with Gasteiger partial charge in [0.2, 0.25) is 5.95 Å². The molecule has 5 nitrogen and oxygen atoms in total. The number of aliphatic hydroxyl groups excluding tert-OH is 1. The van der Waals surface area contributed by atoms with E-state index < -0.39 is 0 Å². The van der Waals surface area contributed by atoms with Crippen LogP contribution in [-0.4, -0.2) is 34.8 Å². The van der Waals surface area contributed by atoms with Crippen molar-refractivity contribution >= 4 is 5.95 Å². The van der Waals surface area contributed by atoms with Crippen LogP contribution in [0.15, 0.2) is 12.4 Å². The Kier molecular flexibility index (Phi) is 8.08. The third kappa shape index (κ3) is 6.51. The Balaban J connectivity index is 2.14. The molecule has 0 unspecified atom stereocenters. The summed E-state index contributed by atoms with van der Waals surface area (Å²) in [5.74, 6) is 0.698. The van der Waals surface area contributed by atoms with Gasteiger partial charge in [0.15, 0.2) is 0 Å². The van der Waals surface area contributed by atoms with Crippen LogP contribution in [0.2, 0.25) is 0 Å². The molecule has 18 heavy (non-hydrogen) atoms. The summed E-state index contributed by atoms with van der Waals surface area (Å²) in [7, 11) is 0. The van der Waals surface area contributed by atoms with Crippen LogP contribution in [-0.2, 0) is 6.54 Å². The maximum atomic E-state index is 8.65. The van der Waals surface area contributed by atoms with Crippen molar-refractivity contribution in [2.24, 2.45) is 0 Å². The molecule has 0 aliphatic heterocycles. The lowest BCUT2D eigenvalue weighted by molar-refractivity contribution is 0.283. The van der Waals surface area contributed by atoms with E-state index in [9.17, 15) is 0 Å². The summed E-state index contributed by atoms with van der Waals surface area (Å²) in [4.78, 5) is 8.50. The Bertz CT molecular complexity index is 302. The molecule has 102 valence electrons. The highest BCUT2D eigenvalue weighted by atomic mass is 16.2.